The van der Waals surface area contributed by atoms with E-state index in [4.69, 9.17) is 9.47 Å². The molecule has 1 heterocycles. The van der Waals surface area contributed by atoms with Gasteiger partial charge in [-0.15, -0.1) is 0 Å². The molecular weight excluding hydrogens is 337 g/mol. The molecule has 2 aromatic rings. The lowest BCUT2D eigenvalue weighted by atomic mass is 10.2. The molecule has 0 aliphatic carbocycles. The van der Waals surface area contributed by atoms with Crippen LogP contribution in [0.2, 0.25) is 0 Å². The summed E-state index contributed by atoms with van der Waals surface area (Å²) in [4.78, 5) is 11.9. The second-order valence-corrected chi connectivity index (χ2v) is 5.37. The number of nitrogens with one attached hydrogen (secondary N) is 2. The summed E-state index contributed by atoms with van der Waals surface area (Å²) in [6.45, 7) is 0.503. The van der Waals surface area contributed by atoms with Crippen molar-refractivity contribution in [1.82, 2.24) is 0 Å². The molecule has 5 nitrogen and oxygen atoms in total. The largest absolute Gasteiger partial charge is 0.454 e. The van der Waals surface area contributed by atoms with Gasteiger partial charge in [-0.2, -0.15) is 13.2 Å². The van der Waals surface area contributed by atoms with Crippen molar-refractivity contribution in [2.75, 3.05) is 24.0 Å². The lowest BCUT2D eigenvalue weighted by Crippen LogP contribution is -2.16. The number of anilines is 2. The lowest BCUT2D eigenvalue weighted by molar-refractivity contribution is -0.137. The van der Waals surface area contributed by atoms with E-state index in [9.17, 15) is 18.0 Å². The van der Waals surface area contributed by atoms with Crippen LogP contribution in [0.15, 0.2) is 42.5 Å². The molecule has 0 radical (unpaired) electrons. The van der Waals surface area contributed by atoms with Crippen molar-refractivity contribution in [2.24, 2.45) is 0 Å². The Hall–Kier alpha value is -2.90. The predicted octanol–water partition coefficient (Wildman–Crippen LogP) is 3.87. The van der Waals surface area contributed by atoms with Gasteiger partial charge in [0.15, 0.2) is 11.5 Å². The van der Waals surface area contributed by atoms with Crippen molar-refractivity contribution in [1.29, 1.82) is 0 Å². The molecule has 0 atom stereocenters. The Balaban J connectivity index is 1.50. The van der Waals surface area contributed by atoms with Crippen molar-refractivity contribution < 1.29 is 27.4 Å². The Kier molecular flexibility index (Phi) is 4.69. The fourth-order valence-electron chi connectivity index (χ4n) is 2.32. The van der Waals surface area contributed by atoms with Gasteiger partial charge in [0.05, 0.1) is 5.56 Å². The third-order valence-electron chi connectivity index (χ3n) is 3.53. The summed E-state index contributed by atoms with van der Waals surface area (Å²) in [5.74, 6) is 0.902. The average molecular weight is 352 g/mol. The molecular formula is C17H15F3N2O3. The van der Waals surface area contributed by atoms with Gasteiger partial charge in [-0.3, -0.25) is 4.79 Å². The summed E-state index contributed by atoms with van der Waals surface area (Å²) in [6, 6.07) is 9.83. The zero-order valence-electron chi connectivity index (χ0n) is 13.0. The SMILES string of the molecule is O=C(CCNc1ccc2c(c1)OCO2)Nc1cccc(C(F)(F)F)c1. The van der Waals surface area contributed by atoms with Gasteiger partial charge >= 0.3 is 6.18 Å². The van der Waals surface area contributed by atoms with E-state index in [0.717, 1.165) is 17.8 Å². The van der Waals surface area contributed by atoms with E-state index in [1.165, 1.54) is 12.1 Å². The monoisotopic (exact) mass is 352 g/mol. The minimum atomic E-state index is -4.44. The summed E-state index contributed by atoms with van der Waals surface area (Å²) in [5.41, 5.74) is 0.0720. The van der Waals surface area contributed by atoms with Crippen LogP contribution in [-0.4, -0.2) is 19.2 Å². The van der Waals surface area contributed by atoms with Gasteiger partial charge in [0.1, 0.15) is 0 Å². The summed E-state index contributed by atoms with van der Waals surface area (Å²) in [5, 5.41) is 5.51. The maximum absolute atomic E-state index is 12.6. The molecule has 2 N–H and O–H groups in total. The molecule has 132 valence electrons. The lowest BCUT2D eigenvalue weighted by Gasteiger charge is -2.10. The molecule has 25 heavy (non-hydrogen) atoms. The zero-order valence-corrected chi connectivity index (χ0v) is 13.0. The van der Waals surface area contributed by atoms with E-state index in [-0.39, 0.29) is 24.8 Å². The Morgan fingerprint density at radius 3 is 2.64 bits per heavy atom. The molecule has 2 aromatic carbocycles. The number of hydrogen-bond donors (Lipinski definition) is 2. The molecule has 1 amide bonds. The number of ether oxygens (including phenoxy) is 2. The molecule has 1 aliphatic heterocycles. The first-order valence-corrected chi connectivity index (χ1v) is 7.52. The number of hydrogen-bond acceptors (Lipinski definition) is 4. The highest BCUT2D eigenvalue weighted by Gasteiger charge is 2.30. The molecule has 0 unspecified atom stereocenters. The summed E-state index contributed by atoms with van der Waals surface area (Å²) in [7, 11) is 0. The van der Waals surface area contributed by atoms with Crippen LogP contribution in [0.25, 0.3) is 0 Å². The second-order valence-electron chi connectivity index (χ2n) is 5.37. The number of carbonyl (C=O) groups excluding carboxylic acids is 1. The number of fused-ring (bicyclic) bond motifs is 1. The van der Waals surface area contributed by atoms with E-state index in [1.807, 2.05) is 0 Å². The first-order valence-electron chi connectivity index (χ1n) is 7.52. The number of amides is 1. The van der Waals surface area contributed by atoms with E-state index >= 15 is 0 Å². The molecule has 0 fully saturated rings. The van der Waals surface area contributed by atoms with Crippen LogP contribution in [0.4, 0.5) is 24.5 Å². The van der Waals surface area contributed by atoms with Crippen LogP contribution in [0.1, 0.15) is 12.0 Å². The Morgan fingerprint density at radius 1 is 1.04 bits per heavy atom. The highest BCUT2D eigenvalue weighted by atomic mass is 19.4. The first kappa shape index (κ1) is 16.9. The van der Waals surface area contributed by atoms with Crippen molar-refractivity contribution >= 4 is 17.3 Å². The standard InChI is InChI=1S/C17H15F3N2O3/c18-17(19,20)11-2-1-3-13(8-11)22-16(23)6-7-21-12-4-5-14-15(9-12)25-10-24-14/h1-5,8-9,21H,6-7,10H2,(H,22,23). The number of halogens is 3. The molecule has 0 saturated heterocycles. The highest BCUT2D eigenvalue weighted by molar-refractivity contribution is 5.91. The highest BCUT2D eigenvalue weighted by Crippen LogP contribution is 2.34. The predicted molar refractivity (Wildman–Crippen MR) is 85.7 cm³/mol. The minimum absolute atomic E-state index is 0.102. The number of benzene rings is 2. The van der Waals surface area contributed by atoms with Gasteiger partial charge in [-0.1, -0.05) is 6.07 Å². The van der Waals surface area contributed by atoms with Crippen molar-refractivity contribution in [3.63, 3.8) is 0 Å². The molecule has 1 aliphatic rings. The summed E-state index contributed by atoms with van der Waals surface area (Å²) < 4.78 is 48.4. The second kappa shape index (κ2) is 6.92. The van der Waals surface area contributed by atoms with Crippen LogP contribution in [0.5, 0.6) is 11.5 Å². The van der Waals surface area contributed by atoms with Crippen molar-refractivity contribution in [2.45, 2.75) is 12.6 Å². The van der Waals surface area contributed by atoms with E-state index < -0.39 is 11.7 Å². The number of carbonyl (C=O) groups is 1. The Labute approximate surface area is 141 Å². The zero-order chi connectivity index (χ0) is 17.9. The normalized spacial score (nSPS) is 12.8. The smallest absolute Gasteiger partial charge is 0.416 e. The Bertz CT molecular complexity index is 778. The average Bonchev–Trinajstić information content (AvgIpc) is 3.02. The van der Waals surface area contributed by atoms with Crippen molar-refractivity contribution in [3.8, 4) is 11.5 Å². The van der Waals surface area contributed by atoms with Gasteiger partial charge < -0.3 is 20.1 Å². The third-order valence-corrected chi connectivity index (χ3v) is 3.53. The fourth-order valence-corrected chi connectivity index (χ4v) is 2.32. The van der Waals surface area contributed by atoms with Gasteiger partial charge in [0.2, 0.25) is 12.7 Å². The van der Waals surface area contributed by atoms with Gasteiger partial charge in [0.25, 0.3) is 0 Å². The van der Waals surface area contributed by atoms with E-state index in [0.29, 0.717) is 18.0 Å². The van der Waals surface area contributed by atoms with Crippen LogP contribution < -0.4 is 20.1 Å². The summed E-state index contributed by atoms with van der Waals surface area (Å²) >= 11 is 0. The fraction of sp³-hybridized carbons (Fsp3) is 0.235. The maximum atomic E-state index is 12.6. The third kappa shape index (κ3) is 4.34. The quantitative estimate of drug-likeness (QED) is 0.858. The Morgan fingerprint density at radius 2 is 1.84 bits per heavy atom. The van der Waals surface area contributed by atoms with E-state index in [1.54, 1.807) is 18.2 Å². The molecule has 3 rings (SSSR count). The van der Waals surface area contributed by atoms with E-state index in [2.05, 4.69) is 10.6 Å². The van der Waals surface area contributed by atoms with Crippen LogP contribution in [0, 0.1) is 0 Å². The minimum Gasteiger partial charge on any atom is -0.454 e. The molecule has 8 heteroatoms. The topological polar surface area (TPSA) is 59.6 Å². The van der Waals surface area contributed by atoms with Crippen LogP contribution >= 0.6 is 0 Å². The van der Waals surface area contributed by atoms with Gasteiger partial charge in [-0.25, -0.2) is 0 Å². The molecule has 0 bridgehead atoms. The molecule has 0 aromatic heterocycles. The van der Waals surface area contributed by atoms with Gasteiger partial charge in [-0.05, 0) is 30.3 Å². The number of rotatable bonds is 5. The molecule has 0 spiro atoms. The van der Waals surface area contributed by atoms with Gasteiger partial charge in [0, 0.05) is 30.4 Å². The van der Waals surface area contributed by atoms with Crippen molar-refractivity contribution in [3.05, 3.63) is 48.0 Å². The van der Waals surface area contributed by atoms with Crippen LogP contribution in [-0.2, 0) is 11.0 Å². The number of alkyl halides is 3. The summed E-state index contributed by atoms with van der Waals surface area (Å²) in [6.07, 6.45) is -4.34. The first-order chi connectivity index (χ1) is 11.9. The van der Waals surface area contributed by atoms with Crippen LogP contribution in [0.3, 0.4) is 0 Å². The maximum Gasteiger partial charge on any atom is 0.416 e. The molecule has 0 saturated carbocycles.